The van der Waals surface area contributed by atoms with E-state index in [2.05, 4.69) is 31.2 Å². The third kappa shape index (κ3) is 3.19. The molecule has 1 aromatic rings. The minimum Gasteiger partial charge on any atom is -0.299 e. The summed E-state index contributed by atoms with van der Waals surface area (Å²) in [5, 5.41) is 0. The number of Topliss-reactive ketones (excluding diaryl/α,β-unsaturated/α-hetero) is 1. The fourth-order valence-corrected chi connectivity index (χ4v) is 1.94. The van der Waals surface area contributed by atoms with Crippen LogP contribution in [0.1, 0.15) is 36.8 Å². The van der Waals surface area contributed by atoms with E-state index in [1.807, 2.05) is 0 Å². The number of hydrogen-bond donors (Lipinski definition) is 0. The zero-order valence-electron chi connectivity index (χ0n) is 9.33. The van der Waals surface area contributed by atoms with Crippen LogP contribution in [-0.4, -0.2) is 5.78 Å². The predicted octanol–water partition coefficient (Wildman–Crippen LogP) is 3.30. The maximum absolute atomic E-state index is 11.5. The van der Waals surface area contributed by atoms with Gasteiger partial charge >= 0.3 is 0 Å². The van der Waals surface area contributed by atoms with E-state index in [1.54, 1.807) is 0 Å². The van der Waals surface area contributed by atoms with Gasteiger partial charge in [-0.05, 0) is 38.2 Å². The molecule has 80 valence electrons. The van der Waals surface area contributed by atoms with Gasteiger partial charge in [0.25, 0.3) is 0 Å². The van der Waals surface area contributed by atoms with Gasteiger partial charge in [-0.25, -0.2) is 0 Å². The van der Waals surface area contributed by atoms with Crippen LogP contribution in [0, 0.1) is 12.8 Å². The lowest BCUT2D eigenvalue weighted by atomic mass is 10.0. The molecule has 0 unspecified atom stereocenters. The van der Waals surface area contributed by atoms with Crippen LogP contribution in [0.3, 0.4) is 0 Å². The lowest BCUT2D eigenvalue weighted by Gasteiger charge is -2.02. The van der Waals surface area contributed by atoms with Crippen molar-refractivity contribution in [3.05, 3.63) is 35.4 Å². The van der Waals surface area contributed by atoms with Gasteiger partial charge in [-0.15, -0.1) is 0 Å². The van der Waals surface area contributed by atoms with Gasteiger partial charge < -0.3 is 0 Å². The first-order chi connectivity index (χ1) is 7.25. The molecule has 0 atom stereocenters. The molecule has 1 fully saturated rings. The molecule has 0 amide bonds. The Bertz CT molecular complexity index is 350. The molecule has 15 heavy (non-hydrogen) atoms. The quantitative estimate of drug-likeness (QED) is 0.716. The average molecular weight is 202 g/mol. The standard InChI is InChI=1S/C14H18O/c1-11-4-2-5-12(10-11)6-3-7-14(15)13-8-9-13/h2,4-5,10,13H,3,6-9H2,1H3. The van der Waals surface area contributed by atoms with Gasteiger partial charge in [0, 0.05) is 12.3 Å². The monoisotopic (exact) mass is 202 g/mol. The second-order valence-corrected chi connectivity index (χ2v) is 4.58. The van der Waals surface area contributed by atoms with Crippen LogP contribution in [0.5, 0.6) is 0 Å². The topological polar surface area (TPSA) is 17.1 Å². The first kappa shape index (κ1) is 10.4. The molecule has 0 N–H and O–H groups in total. The summed E-state index contributed by atoms with van der Waals surface area (Å²) in [6, 6.07) is 8.56. The van der Waals surface area contributed by atoms with Crippen LogP contribution in [0.25, 0.3) is 0 Å². The largest absolute Gasteiger partial charge is 0.299 e. The first-order valence-corrected chi connectivity index (χ1v) is 5.84. The van der Waals surface area contributed by atoms with Gasteiger partial charge in [-0.3, -0.25) is 4.79 Å². The molecule has 1 aromatic carbocycles. The van der Waals surface area contributed by atoms with E-state index in [0.717, 1.165) is 32.1 Å². The molecule has 0 saturated heterocycles. The molecule has 1 saturated carbocycles. The minimum atomic E-state index is 0.433. The van der Waals surface area contributed by atoms with Crippen molar-refractivity contribution in [3.63, 3.8) is 0 Å². The summed E-state index contributed by atoms with van der Waals surface area (Å²) >= 11 is 0. The minimum absolute atomic E-state index is 0.433. The zero-order valence-corrected chi connectivity index (χ0v) is 9.33. The van der Waals surface area contributed by atoms with E-state index in [4.69, 9.17) is 0 Å². The normalized spacial score (nSPS) is 15.3. The molecule has 0 heterocycles. The van der Waals surface area contributed by atoms with Crippen LogP contribution in [0.2, 0.25) is 0 Å². The van der Waals surface area contributed by atoms with E-state index in [-0.39, 0.29) is 0 Å². The molecule has 1 aliphatic carbocycles. The molecular formula is C14H18O. The summed E-state index contributed by atoms with van der Waals surface area (Å²) in [5.74, 6) is 0.921. The number of aryl methyl sites for hydroxylation is 2. The molecule has 2 rings (SSSR count). The molecule has 1 aliphatic rings. The highest BCUT2D eigenvalue weighted by molar-refractivity contribution is 5.83. The maximum Gasteiger partial charge on any atom is 0.135 e. The van der Waals surface area contributed by atoms with E-state index < -0.39 is 0 Å². The SMILES string of the molecule is Cc1cccc(CCCC(=O)C2CC2)c1. The van der Waals surface area contributed by atoms with Crippen molar-refractivity contribution in [1.29, 1.82) is 0 Å². The van der Waals surface area contributed by atoms with Crippen LogP contribution in [0.15, 0.2) is 24.3 Å². The molecule has 1 nitrogen and oxygen atoms in total. The third-order valence-corrected chi connectivity index (χ3v) is 3.00. The van der Waals surface area contributed by atoms with Crippen molar-refractivity contribution < 1.29 is 4.79 Å². The molecule has 0 radical (unpaired) electrons. The Hall–Kier alpha value is -1.11. The zero-order chi connectivity index (χ0) is 10.7. The van der Waals surface area contributed by atoms with Gasteiger partial charge in [0.15, 0.2) is 0 Å². The Morgan fingerprint density at radius 2 is 2.20 bits per heavy atom. The van der Waals surface area contributed by atoms with E-state index in [1.165, 1.54) is 11.1 Å². The van der Waals surface area contributed by atoms with Crippen LogP contribution in [-0.2, 0) is 11.2 Å². The Morgan fingerprint density at radius 1 is 1.40 bits per heavy atom. The van der Waals surface area contributed by atoms with Crippen LogP contribution in [0.4, 0.5) is 0 Å². The van der Waals surface area contributed by atoms with Gasteiger partial charge in [-0.2, -0.15) is 0 Å². The van der Waals surface area contributed by atoms with Gasteiger partial charge in [-0.1, -0.05) is 29.8 Å². The highest BCUT2D eigenvalue weighted by Gasteiger charge is 2.28. The fourth-order valence-electron chi connectivity index (χ4n) is 1.94. The molecule has 0 bridgehead atoms. The smallest absolute Gasteiger partial charge is 0.135 e. The van der Waals surface area contributed by atoms with Crippen molar-refractivity contribution >= 4 is 5.78 Å². The predicted molar refractivity (Wildman–Crippen MR) is 61.8 cm³/mol. The van der Waals surface area contributed by atoms with Crippen LogP contribution >= 0.6 is 0 Å². The van der Waals surface area contributed by atoms with E-state index >= 15 is 0 Å². The summed E-state index contributed by atoms with van der Waals surface area (Å²) in [6.45, 7) is 2.11. The Balaban J connectivity index is 1.75. The molecule has 1 heteroatoms. The molecule has 0 aromatic heterocycles. The Morgan fingerprint density at radius 3 is 2.87 bits per heavy atom. The number of hydrogen-bond acceptors (Lipinski definition) is 1. The molecular weight excluding hydrogens is 184 g/mol. The van der Waals surface area contributed by atoms with Crippen molar-refractivity contribution in [2.75, 3.05) is 0 Å². The summed E-state index contributed by atoms with van der Waals surface area (Å²) in [6.07, 6.45) is 5.12. The van der Waals surface area contributed by atoms with Crippen molar-refractivity contribution in [1.82, 2.24) is 0 Å². The molecule has 0 aliphatic heterocycles. The highest BCUT2D eigenvalue weighted by Crippen LogP contribution is 2.31. The van der Waals surface area contributed by atoms with Crippen molar-refractivity contribution in [2.24, 2.45) is 5.92 Å². The summed E-state index contributed by atoms with van der Waals surface area (Å²) in [5.41, 5.74) is 2.67. The average Bonchev–Trinajstić information content (AvgIpc) is 3.00. The van der Waals surface area contributed by atoms with Crippen molar-refractivity contribution in [3.8, 4) is 0 Å². The lowest BCUT2D eigenvalue weighted by Crippen LogP contribution is -2.00. The maximum atomic E-state index is 11.5. The number of rotatable bonds is 5. The number of ketones is 1. The number of benzene rings is 1. The second kappa shape index (κ2) is 4.61. The Kier molecular flexibility index (Phi) is 3.20. The van der Waals surface area contributed by atoms with E-state index in [9.17, 15) is 4.79 Å². The number of carbonyl (C=O) groups is 1. The van der Waals surface area contributed by atoms with Gasteiger partial charge in [0.1, 0.15) is 5.78 Å². The van der Waals surface area contributed by atoms with E-state index in [0.29, 0.717) is 11.7 Å². The Labute approximate surface area is 91.5 Å². The first-order valence-electron chi connectivity index (χ1n) is 5.84. The second-order valence-electron chi connectivity index (χ2n) is 4.58. The molecule has 0 spiro atoms. The fraction of sp³-hybridized carbons (Fsp3) is 0.500. The third-order valence-electron chi connectivity index (χ3n) is 3.00. The highest BCUT2D eigenvalue weighted by atomic mass is 16.1. The van der Waals surface area contributed by atoms with Gasteiger partial charge in [0.2, 0.25) is 0 Å². The lowest BCUT2D eigenvalue weighted by molar-refractivity contribution is -0.120. The summed E-state index contributed by atoms with van der Waals surface area (Å²) in [7, 11) is 0. The summed E-state index contributed by atoms with van der Waals surface area (Å²) < 4.78 is 0. The summed E-state index contributed by atoms with van der Waals surface area (Å²) in [4.78, 5) is 11.5. The van der Waals surface area contributed by atoms with Crippen LogP contribution < -0.4 is 0 Å². The van der Waals surface area contributed by atoms with Gasteiger partial charge in [0.05, 0.1) is 0 Å². The van der Waals surface area contributed by atoms with Crippen molar-refractivity contribution in [2.45, 2.75) is 39.0 Å². The number of carbonyl (C=O) groups excluding carboxylic acids is 1.